The van der Waals surface area contributed by atoms with E-state index in [1.54, 1.807) is 22.3 Å². The van der Waals surface area contributed by atoms with Gasteiger partial charge in [-0.25, -0.2) is 0 Å². The normalized spacial score (nSPS) is 23.4. The zero-order valence-corrected chi connectivity index (χ0v) is 26.5. The van der Waals surface area contributed by atoms with E-state index in [-0.39, 0.29) is 0 Å². The monoisotopic (exact) mass is 542 g/mol. The SMILES string of the molecule is CCCCCCCc1ccc(C2CCC(CCC3CCC(c4ccc(CCCCCCC)cc4)CC3)CC2)cc1. The lowest BCUT2D eigenvalue weighted by atomic mass is 9.73. The molecule has 0 amide bonds. The molecule has 0 N–H and O–H groups in total. The van der Waals surface area contributed by atoms with E-state index in [1.807, 2.05) is 0 Å². The van der Waals surface area contributed by atoms with E-state index in [2.05, 4.69) is 62.4 Å². The summed E-state index contributed by atoms with van der Waals surface area (Å²) < 4.78 is 0. The van der Waals surface area contributed by atoms with Crippen LogP contribution in [-0.2, 0) is 12.8 Å². The van der Waals surface area contributed by atoms with Crippen molar-refractivity contribution >= 4 is 0 Å². The van der Waals surface area contributed by atoms with Gasteiger partial charge in [0.25, 0.3) is 0 Å². The van der Waals surface area contributed by atoms with Gasteiger partial charge in [-0.15, -0.1) is 0 Å². The zero-order valence-electron chi connectivity index (χ0n) is 26.5. The van der Waals surface area contributed by atoms with Crippen LogP contribution in [0.5, 0.6) is 0 Å². The number of benzene rings is 2. The van der Waals surface area contributed by atoms with Gasteiger partial charge in [0.15, 0.2) is 0 Å². The van der Waals surface area contributed by atoms with E-state index < -0.39 is 0 Å². The van der Waals surface area contributed by atoms with Crippen molar-refractivity contribution in [3.63, 3.8) is 0 Å². The third-order valence-electron chi connectivity index (χ3n) is 10.7. The molecule has 0 atom stereocenters. The summed E-state index contributed by atoms with van der Waals surface area (Å²) in [4.78, 5) is 0. The molecule has 0 heterocycles. The Morgan fingerprint density at radius 2 is 0.775 bits per heavy atom. The summed E-state index contributed by atoms with van der Waals surface area (Å²) in [7, 11) is 0. The van der Waals surface area contributed by atoms with Gasteiger partial charge in [-0.1, -0.05) is 127 Å². The molecule has 0 unspecified atom stereocenters. The molecule has 0 bridgehead atoms. The first kappa shape index (κ1) is 31.4. The predicted octanol–water partition coefficient (Wildman–Crippen LogP) is 12.7. The Morgan fingerprint density at radius 3 is 1.12 bits per heavy atom. The molecular weight excluding hydrogens is 480 g/mol. The van der Waals surface area contributed by atoms with Gasteiger partial charge < -0.3 is 0 Å². The summed E-state index contributed by atoms with van der Waals surface area (Å²) in [5.74, 6) is 3.62. The zero-order chi connectivity index (χ0) is 27.8. The molecule has 0 aromatic heterocycles. The second-order valence-corrected chi connectivity index (χ2v) is 13.8. The van der Waals surface area contributed by atoms with Gasteiger partial charge in [0, 0.05) is 0 Å². The maximum Gasteiger partial charge on any atom is -0.0162 e. The maximum absolute atomic E-state index is 2.47. The molecule has 222 valence electrons. The molecule has 2 aliphatic rings. The van der Waals surface area contributed by atoms with Gasteiger partial charge in [0.1, 0.15) is 0 Å². The van der Waals surface area contributed by atoms with Crippen molar-refractivity contribution in [3.05, 3.63) is 70.8 Å². The summed E-state index contributed by atoms with van der Waals surface area (Å²) >= 11 is 0. The summed E-state index contributed by atoms with van der Waals surface area (Å²) in [6, 6.07) is 19.6. The fourth-order valence-corrected chi connectivity index (χ4v) is 7.82. The molecule has 0 nitrogen and oxygen atoms in total. The van der Waals surface area contributed by atoms with Crippen LogP contribution in [0.1, 0.15) is 176 Å². The van der Waals surface area contributed by atoms with Gasteiger partial charge in [-0.05, 0) is 123 Å². The average Bonchev–Trinajstić information content (AvgIpc) is 3.01. The molecule has 0 radical (unpaired) electrons. The second-order valence-electron chi connectivity index (χ2n) is 13.8. The topological polar surface area (TPSA) is 0 Å². The minimum absolute atomic E-state index is 0.817. The Bertz CT molecular complexity index is 813. The first-order valence-electron chi connectivity index (χ1n) is 17.9. The number of hydrogen-bond donors (Lipinski definition) is 0. The highest BCUT2D eigenvalue weighted by atomic mass is 14.3. The summed E-state index contributed by atoms with van der Waals surface area (Å²) in [5, 5.41) is 0. The number of rotatable bonds is 17. The van der Waals surface area contributed by atoms with Gasteiger partial charge in [0.2, 0.25) is 0 Å². The lowest BCUT2D eigenvalue weighted by molar-refractivity contribution is 0.252. The van der Waals surface area contributed by atoms with Crippen LogP contribution >= 0.6 is 0 Å². The van der Waals surface area contributed by atoms with E-state index in [0.717, 1.165) is 23.7 Å². The van der Waals surface area contributed by atoms with Crippen LogP contribution in [0.2, 0.25) is 0 Å². The summed E-state index contributed by atoms with van der Waals surface area (Å²) in [6.45, 7) is 4.60. The highest BCUT2D eigenvalue weighted by Crippen LogP contribution is 2.41. The quantitative estimate of drug-likeness (QED) is 0.174. The fraction of sp³-hybridized carbons (Fsp3) is 0.700. The number of aryl methyl sites for hydroxylation is 2. The van der Waals surface area contributed by atoms with E-state index in [1.165, 1.54) is 141 Å². The Labute approximate surface area is 249 Å². The molecule has 2 aromatic rings. The van der Waals surface area contributed by atoms with Crippen LogP contribution in [0.25, 0.3) is 0 Å². The average molecular weight is 543 g/mol. The van der Waals surface area contributed by atoms with Crippen molar-refractivity contribution in [2.75, 3.05) is 0 Å². The smallest absolute Gasteiger partial charge is 0.0162 e. The van der Waals surface area contributed by atoms with Gasteiger partial charge >= 0.3 is 0 Å². The lowest BCUT2D eigenvalue weighted by Gasteiger charge is -2.32. The minimum Gasteiger partial charge on any atom is -0.0654 e. The highest BCUT2D eigenvalue weighted by Gasteiger charge is 2.26. The van der Waals surface area contributed by atoms with Crippen LogP contribution in [0, 0.1) is 11.8 Å². The first-order chi connectivity index (χ1) is 19.7. The molecular formula is C40H62. The predicted molar refractivity (Wildman–Crippen MR) is 176 cm³/mol. The molecule has 0 heteroatoms. The largest absolute Gasteiger partial charge is 0.0654 e. The van der Waals surface area contributed by atoms with Crippen LogP contribution in [0.3, 0.4) is 0 Å². The minimum atomic E-state index is 0.817. The van der Waals surface area contributed by atoms with Crippen molar-refractivity contribution in [3.8, 4) is 0 Å². The Balaban J connectivity index is 1.08. The van der Waals surface area contributed by atoms with E-state index in [9.17, 15) is 0 Å². The molecule has 0 saturated heterocycles. The third kappa shape index (κ3) is 10.7. The Kier molecular flexibility index (Phi) is 14.2. The summed E-state index contributed by atoms with van der Waals surface area (Å²) in [6.07, 6.45) is 30.9. The van der Waals surface area contributed by atoms with E-state index in [0.29, 0.717) is 0 Å². The molecule has 4 rings (SSSR count). The molecule has 40 heavy (non-hydrogen) atoms. The third-order valence-corrected chi connectivity index (χ3v) is 10.7. The van der Waals surface area contributed by atoms with Gasteiger partial charge in [-0.2, -0.15) is 0 Å². The maximum atomic E-state index is 2.47. The van der Waals surface area contributed by atoms with Crippen molar-refractivity contribution in [1.82, 2.24) is 0 Å². The molecule has 0 spiro atoms. The van der Waals surface area contributed by atoms with Gasteiger partial charge in [0.05, 0.1) is 0 Å². The van der Waals surface area contributed by atoms with E-state index in [4.69, 9.17) is 0 Å². The number of hydrogen-bond acceptors (Lipinski definition) is 0. The van der Waals surface area contributed by atoms with Crippen LogP contribution in [-0.4, -0.2) is 0 Å². The van der Waals surface area contributed by atoms with Crippen LogP contribution in [0.15, 0.2) is 48.5 Å². The van der Waals surface area contributed by atoms with E-state index >= 15 is 0 Å². The fourth-order valence-electron chi connectivity index (χ4n) is 7.82. The summed E-state index contributed by atoms with van der Waals surface area (Å²) in [5.41, 5.74) is 6.33. The van der Waals surface area contributed by atoms with Crippen LogP contribution < -0.4 is 0 Å². The van der Waals surface area contributed by atoms with Crippen molar-refractivity contribution in [2.24, 2.45) is 11.8 Å². The molecule has 2 fully saturated rings. The Morgan fingerprint density at radius 1 is 0.425 bits per heavy atom. The van der Waals surface area contributed by atoms with Crippen molar-refractivity contribution in [1.29, 1.82) is 0 Å². The van der Waals surface area contributed by atoms with Crippen molar-refractivity contribution in [2.45, 2.75) is 167 Å². The van der Waals surface area contributed by atoms with Crippen LogP contribution in [0.4, 0.5) is 0 Å². The number of unbranched alkanes of at least 4 members (excludes halogenated alkanes) is 8. The van der Waals surface area contributed by atoms with Crippen molar-refractivity contribution < 1.29 is 0 Å². The first-order valence-corrected chi connectivity index (χ1v) is 17.9. The standard InChI is InChI=1S/C40H62/c1-3-5-7-9-11-13-33-17-25-37(26-18-33)39-29-21-35(22-30-39)15-16-36-23-31-40(32-24-36)38-27-19-34(20-28-38)14-12-10-8-6-4-2/h17-20,25-28,35-36,39-40H,3-16,21-24,29-32H2,1-2H3. The highest BCUT2D eigenvalue weighted by molar-refractivity contribution is 5.27. The molecule has 2 saturated carbocycles. The van der Waals surface area contributed by atoms with Gasteiger partial charge in [-0.3, -0.25) is 0 Å². The molecule has 2 aliphatic carbocycles. The second kappa shape index (κ2) is 18.1. The lowest BCUT2D eigenvalue weighted by Crippen LogP contribution is -2.17. The molecule has 2 aromatic carbocycles. The Hall–Kier alpha value is -1.56. The molecule has 0 aliphatic heterocycles.